The Hall–Kier alpha value is -0.280. The summed E-state index contributed by atoms with van der Waals surface area (Å²) < 4.78 is 5.37. The van der Waals surface area contributed by atoms with Crippen LogP contribution in [0.5, 0.6) is 0 Å². The van der Waals surface area contributed by atoms with Crippen molar-refractivity contribution in [3.63, 3.8) is 0 Å². The summed E-state index contributed by atoms with van der Waals surface area (Å²) in [4.78, 5) is 11.8. The van der Waals surface area contributed by atoms with E-state index in [4.69, 9.17) is 10.5 Å². The molecule has 1 aliphatic carbocycles. The molecule has 0 aromatic carbocycles. The number of nitrogens with two attached hydrogens (primary N) is 1. The van der Waals surface area contributed by atoms with Crippen molar-refractivity contribution in [2.24, 2.45) is 17.6 Å². The summed E-state index contributed by atoms with van der Waals surface area (Å²) in [6, 6.07) is -0.00940. The first kappa shape index (κ1) is 15.7. The number of rotatable bonds is 2. The number of carbonyl (C=O) groups excluding carboxylic acids is 1. The minimum absolute atomic E-state index is 0. The van der Waals surface area contributed by atoms with E-state index in [1.54, 1.807) is 0 Å². The van der Waals surface area contributed by atoms with Crippen LogP contribution < -0.4 is 5.73 Å². The molecule has 0 saturated heterocycles. The van der Waals surface area contributed by atoms with Crippen molar-refractivity contribution in [1.82, 2.24) is 0 Å². The van der Waals surface area contributed by atoms with E-state index >= 15 is 0 Å². The molecular weight excluding hydrogens is 226 g/mol. The van der Waals surface area contributed by atoms with Gasteiger partial charge in [0, 0.05) is 6.04 Å². The maximum absolute atomic E-state index is 11.8. The highest BCUT2D eigenvalue weighted by molar-refractivity contribution is 5.85. The summed E-state index contributed by atoms with van der Waals surface area (Å²) in [5.41, 5.74) is 5.65. The Morgan fingerprint density at radius 2 is 1.94 bits per heavy atom. The Labute approximate surface area is 105 Å². The van der Waals surface area contributed by atoms with Gasteiger partial charge in [0.05, 0.1) is 5.92 Å². The molecule has 3 atom stereocenters. The Balaban J connectivity index is 0.00000225. The first-order valence-corrected chi connectivity index (χ1v) is 5.83. The molecule has 96 valence electrons. The molecule has 0 aromatic heterocycles. The summed E-state index contributed by atoms with van der Waals surface area (Å²) in [6.45, 7) is 7.80. The molecule has 0 amide bonds. The van der Waals surface area contributed by atoms with Crippen molar-refractivity contribution < 1.29 is 9.53 Å². The van der Waals surface area contributed by atoms with E-state index < -0.39 is 5.60 Å². The van der Waals surface area contributed by atoms with E-state index in [1.807, 2.05) is 20.8 Å². The first-order chi connectivity index (χ1) is 6.85. The summed E-state index contributed by atoms with van der Waals surface area (Å²) in [5.74, 6) is 0.280. The standard InChI is InChI=1S/C12H23NO2.ClH/c1-5-8-6-7-9(10(8)13)11(14)15-12(2,3)4;/h8-10H,5-7,13H2,1-4H3;1H/t8-,9-,10+;/m1./s1. The van der Waals surface area contributed by atoms with E-state index in [1.165, 1.54) is 0 Å². The molecule has 3 nitrogen and oxygen atoms in total. The van der Waals surface area contributed by atoms with Crippen LogP contribution in [-0.4, -0.2) is 17.6 Å². The number of ether oxygens (including phenoxy) is 1. The van der Waals surface area contributed by atoms with Gasteiger partial charge in [-0.05, 0) is 39.5 Å². The van der Waals surface area contributed by atoms with Crippen molar-refractivity contribution in [3.8, 4) is 0 Å². The van der Waals surface area contributed by atoms with Crippen LogP contribution in [0.4, 0.5) is 0 Å². The predicted molar refractivity (Wildman–Crippen MR) is 67.6 cm³/mol. The molecule has 2 N–H and O–H groups in total. The van der Waals surface area contributed by atoms with Gasteiger partial charge >= 0.3 is 5.97 Å². The van der Waals surface area contributed by atoms with Gasteiger partial charge in [-0.1, -0.05) is 13.3 Å². The molecule has 0 spiro atoms. The number of hydrogen-bond donors (Lipinski definition) is 1. The third kappa shape index (κ3) is 3.95. The molecule has 0 aromatic rings. The van der Waals surface area contributed by atoms with Gasteiger partial charge in [0.25, 0.3) is 0 Å². The van der Waals surface area contributed by atoms with E-state index in [-0.39, 0.29) is 30.3 Å². The lowest BCUT2D eigenvalue weighted by Gasteiger charge is -2.24. The second kappa shape index (κ2) is 5.87. The van der Waals surface area contributed by atoms with Gasteiger partial charge in [-0.3, -0.25) is 4.79 Å². The normalized spacial score (nSPS) is 29.7. The van der Waals surface area contributed by atoms with Crippen molar-refractivity contribution in [2.75, 3.05) is 0 Å². The van der Waals surface area contributed by atoms with Gasteiger partial charge in [-0.25, -0.2) is 0 Å². The van der Waals surface area contributed by atoms with Crippen LogP contribution in [0.3, 0.4) is 0 Å². The van der Waals surface area contributed by atoms with Gasteiger partial charge in [0.2, 0.25) is 0 Å². The lowest BCUT2D eigenvalue weighted by molar-refractivity contribution is -0.160. The monoisotopic (exact) mass is 249 g/mol. The zero-order valence-electron chi connectivity index (χ0n) is 10.7. The molecule has 1 aliphatic rings. The fourth-order valence-electron chi connectivity index (χ4n) is 2.24. The Bertz CT molecular complexity index is 238. The third-order valence-corrected chi connectivity index (χ3v) is 3.09. The highest BCUT2D eigenvalue weighted by Gasteiger charge is 2.38. The molecule has 16 heavy (non-hydrogen) atoms. The molecule has 1 fully saturated rings. The maximum atomic E-state index is 11.8. The molecule has 0 aliphatic heterocycles. The van der Waals surface area contributed by atoms with E-state index in [2.05, 4.69) is 6.92 Å². The molecule has 0 unspecified atom stereocenters. The number of esters is 1. The topological polar surface area (TPSA) is 52.3 Å². The molecular formula is C12H24ClNO2. The number of halogens is 1. The van der Waals surface area contributed by atoms with Gasteiger partial charge in [-0.2, -0.15) is 0 Å². The largest absolute Gasteiger partial charge is 0.460 e. The van der Waals surface area contributed by atoms with Gasteiger partial charge in [0.15, 0.2) is 0 Å². The van der Waals surface area contributed by atoms with Crippen LogP contribution >= 0.6 is 12.4 Å². The van der Waals surface area contributed by atoms with Crippen LogP contribution in [0, 0.1) is 11.8 Å². The SMILES string of the molecule is CC[C@@H]1CC[C@@H](C(=O)OC(C)(C)C)[C@H]1N.Cl. The van der Waals surface area contributed by atoms with Gasteiger partial charge in [-0.15, -0.1) is 12.4 Å². The minimum Gasteiger partial charge on any atom is -0.460 e. The van der Waals surface area contributed by atoms with Crippen LogP contribution in [-0.2, 0) is 9.53 Å². The van der Waals surface area contributed by atoms with Crippen molar-refractivity contribution >= 4 is 18.4 Å². The average Bonchev–Trinajstić information content (AvgIpc) is 2.43. The highest BCUT2D eigenvalue weighted by atomic mass is 35.5. The fraction of sp³-hybridized carbons (Fsp3) is 0.917. The van der Waals surface area contributed by atoms with Crippen LogP contribution in [0.2, 0.25) is 0 Å². The average molecular weight is 250 g/mol. The zero-order chi connectivity index (χ0) is 11.6. The molecule has 0 radical (unpaired) electrons. The minimum atomic E-state index is -0.402. The lowest BCUT2D eigenvalue weighted by Crippen LogP contribution is -2.38. The van der Waals surface area contributed by atoms with Crippen molar-refractivity contribution in [2.45, 2.75) is 58.6 Å². The Morgan fingerprint density at radius 3 is 2.31 bits per heavy atom. The highest BCUT2D eigenvalue weighted by Crippen LogP contribution is 2.33. The summed E-state index contributed by atoms with van der Waals surface area (Å²) >= 11 is 0. The summed E-state index contributed by atoms with van der Waals surface area (Å²) in [7, 11) is 0. The van der Waals surface area contributed by atoms with Gasteiger partial charge < -0.3 is 10.5 Å². The van der Waals surface area contributed by atoms with E-state index in [0.717, 1.165) is 19.3 Å². The Kier molecular flexibility index (Phi) is 5.77. The summed E-state index contributed by atoms with van der Waals surface area (Å²) in [5, 5.41) is 0. The first-order valence-electron chi connectivity index (χ1n) is 5.83. The smallest absolute Gasteiger partial charge is 0.311 e. The predicted octanol–water partition coefficient (Wildman–Crippen LogP) is 2.51. The fourth-order valence-corrected chi connectivity index (χ4v) is 2.24. The van der Waals surface area contributed by atoms with Crippen LogP contribution in [0.25, 0.3) is 0 Å². The van der Waals surface area contributed by atoms with Crippen LogP contribution in [0.15, 0.2) is 0 Å². The molecule has 1 rings (SSSR count). The molecule has 4 heteroatoms. The number of hydrogen-bond acceptors (Lipinski definition) is 3. The Morgan fingerprint density at radius 1 is 1.38 bits per heavy atom. The van der Waals surface area contributed by atoms with E-state index in [0.29, 0.717) is 5.92 Å². The lowest BCUT2D eigenvalue weighted by atomic mass is 9.96. The van der Waals surface area contributed by atoms with Crippen molar-refractivity contribution in [1.29, 1.82) is 0 Å². The third-order valence-electron chi connectivity index (χ3n) is 3.09. The van der Waals surface area contributed by atoms with Gasteiger partial charge in [0.1, 0.15) is 5.60 Å². The maximum Gasteiger partial charge on any atom is 0.311 e. The van der Waals surface area contributed by atoms with E-state index in [9.17, 15) is 4.79 Å². The molecule has 1 saturated carbocycles. The molecule has 0 heterocycles. The second-order valence-corrected chi connectivity index (χ2v) is 5.46. The second-order valence-electron chi connectivity index (χ2n) is 5.46. The molecule has 0 bridgehead atoms. The summed E-state index contributed by atoms with van der Waals surface area (Å²) in [6.07, 6.45) is 3.00. The van der Waals surface area contributed by atoms with Crippen molar-refractivity contribution in [3.05, 3.63) is 0 Å². The van der Waals surface area contributed by atoms with Crippen LogP contribution in [0.1, 0.15) is 47.0 Å². The zero-order valence-corrected chi connectivity index (χ0v) is 11.5. The number of carbonyl (C=O) groups is 1. The quantitative estimate of drug-likeness (QED) is 0.765.